The van der Waals surface area contributed by atoms with E-state index in [-0.39, 0.29) is 6.61 Å². The molecule has 3 unspecified atom stereocenters. The zero-order valence-corrected chi connectivity index (χ0v) is 9.44. The molecule has 5 heteroatoms. The number of aliphatic hydroxyl groups excluding tert-OH is 4. The quantitative estimate of drug-likeness (QED) is 0.506. The number of ether oxygens (including phenoxy) is 1. The molecule has 96 valence electrons. The molecule has 0 saturated carbocycles. The van der Waals surface area contributed by atoms with Crippen LogP contribution in [0.2, 0.25) is 0 Å². The minimum Gasteiger partial charge on any atom is -0.394 e. The van der Waals surface area contributed by atoms with Gasteiger partial charge in [-0.25, -0.2) is 0 Å². The second-order valence-corrected chi connectivity index (χ2v) is 3.81. The molecule has 1 rings (SSSR count). The highest BCUT2D eigenvalue weighted by Crippen LogP contribution is 2.04. The third kappa shape index (κ3) is 4.80. The van der Waals surface area contributed by atoms with Gasteiger partial charge in [0.2, 0.25) is 0 Å². The molecule has 0 fully saturated rings. The van der Waals surface area contributed by atoms with E-state index in [4.69, 9.17) is 14.9 Å². The second kappa shape index (κ2) is 7.37. The molecule has 17 heavy (non-hydrogen) atoms. The van der Waals surface area contributed by atoms with Crippen LogP contribution >= 0.6 is 0 Å². The summed E-state index contributed by atoms with van der Waals surface area (Å²) in [5, 5.41) is 36.5. The minimum absolute atomic E-state index is 0.104. The number of hydrogen-bond acceptors (Lipinski definition) is 5. The normalized spacial score (nSPS) is 16.5. The smallest absolute Gasteiger partial charge is 0.110 e. The van der Waals surface area contributed by atoms with Crippen LogP contribution < -0.4 is 0 Å². The van der Waals surface area contributed by atoms with Crippen molar-refractivity contribution in [1.82, 2.24) is 0 Å². The van der Waals surface area contributed by atoms with E-state index in [1.807, 2.05) is 30.3 Å². The lowest BCUT2D eigenvalue weighted by Crippen LogP contribution is -2.41. The van der Waals surface area contributed by atoms with E-state index in [0.717, 1.165) is 5.56 Å². The zero-order chi connectivity index (χ0) is 12.7. The molecule has 0 aliphatic carbocycles. The van der Waals surface area contributed by atoms with Gasteiger partial charge >= 0.3 is 0 Å². The molecule has 0 saturated heterocycles. The summed E-state index contributed by atoms with van der Waals surface area (Å²) in [5.41, 5.74) is 0.955. The van der Waals surface area contributed by atoms with Gasteiger partial charge in [-0.2, -0.15) is 0 Å². The highest BCUT2D eigenvalue weighted by molar-refractivity contribution is 5.13. The molecule has 3 atom stereocenters. The van der Waals surface area contributed by atoms with Gasteiger partial charge in [-0.05, 0) is 5.56 Å². The summed E-state index contributed by atoms with van der Waals surface area (Å²) in [6.07, 6.45) is -3.98. The second-order valence-electron chi connectivity index (χ2n) is 3.81. The van der Waals surface area contributed by atoms with Crippen molar-refractivity contribution >= 4 is 0 Å². The highest BCUT2D eigenvalue weighted by Gasteiger charge is 2.23. The molecule has 0 radical (unpaired) electrons. The van der Waals surface area contributed by atoms with Crippen molar-refractivity contribution in [3.05, 3.63) is 35.9 Å². The first-order valence-electron chi connectivity index (χ1n) is 5.42. The van der Waals surface area contributed by atoms with E-state index < -0.39 is 24.9 Å². The molecular weight excluding hydrogens is 224 g/mol. The largest absolute Gasteiger partial charge is 0.394 e. The van der Waals surface area contributed by atoms with E-state index in [9.17, 15) is 10.2 Å². The molecule has 4 N–H and O–H groups in total. The Kier molecular flexibility index (Phi) is 6.10. The summed E-state index contributed by atoms with van der Waals surface area (Å²) in [6, 6.07) is 9.40. The van der Waals surface area contributed by atoms with Crippen molar-refractivity contribution in [2.24, 2.45) is 0 Å². The summed E-state index contributed by atoms with van der Waals surface area (Å²) < 4.78 is 5.19. The van der Waals surface area contributed by atoms with E-state index >= 15 is 0 Å². The van der Waals surface area contributed by atoms with Crippen LogP contribution in [0.25, 0.3) is 0 Å². The lowest BCUT2D eigenvalue weighted by atomic mass is 10.1. The van der Waals surface area contributed by atoms with Gasteiger partial charge < -0.3 is 25.2 Å². The Bertz CT molecular complexity index is 303. The SMILES string of the molecule is OCC(O)C(O)C(O)COCc1ccccc1. The molecule has 1 aromatic carbocycles. The van der Waals surface area contributed by atoms with Crippen LogP contribution in [0.3, 0.4) is 0 Å². The Morgan fingerprint density at radius 1 is 1.00 bits per heavy atom. The van der Waals surface area contributed by atoms with Gasteiger partial charge in [-0.3, -0.25) is 0 Å². The Labute approximate surface area is 99.9 Å². The van der Waals surface area contributed by atoms with Crippen molar-refractivity contribution in [2.45, 2.75) is 24.9 Å². The summed E-state index contributed by atoms with van der Waals surface area (Å²) in [5.74, 6) is 0. The van der Waals surface area contributed by atoms with Gasteiger partial charge in [0.1, 0.15) is 18.3 Å². The fraction of sp³-hybridized carbons (Fsp3) is 0.500. The molecule has 0 aliphatic heterocycles. The first-order chi connectivity index (χ1) is 8.15. The summed E-state index contributed by atoms with van der Waals surface area (Å²) >= 11 is 0. The maximum Gasteiger partial charge on any atom is 0.110 e. The molecular formula is C12H18O5. The Balaban J connectivity index is 2.27. The van der Waals surface area contributed by atoms with E-state index in [1.165, 1.54) is 0 Å². The van der Waals surface area contributed by atoms with Crippen molar-refractivity contribution in [1.29, 1.82) is 0 Å². The van der Waals surface area contributed by atoms with Crippen LogP contribution in [-0.4, -0.2) is 52.0 Å². The van der Waals surface area contributed by atoms with Gasteiger partial charge in [0.25, 0.3) is 0 Å². The third-order valence-corrected chi connectivity index (χ3v) is 2.38. The molecule has 0 spiro atoms. The Morgan fingerprint density at radius 3 is 2.24 bits per heavy atom. The summed E-state index contributed by atoms with van der Waals surface area (Å²) in [7, 11) is 0. The average molecular weight is 242 g/mol. The molecule has 1 aromatic rings. The molecule has 0 bridgehead atoms. The summed E-state index contributed by atoms with van der Waals surface area (Å²) in [6.45, 7) is -0.385. The van der Waals surface area contributed by atoms with Crippen LogP contribution in [0.15, 0.2) is 30.3 Å². The van der Waals surface area contributed by atoms with Crippen LogP contribution in [0.1, 0.15) is 5.56 Å². The molecule has 0 aromatic heterocycles. The Morgan fingerprint density at radius 2 is 1.65 bits per heavy atom. The average Bonchev–Trinajstić information content (AvgIpc) is 2.38. The van der Waals surface area contributed by atoms with Gasteiger partial charge in [-0.1, -0.05) is 30.3 Å². The molecule has 0 heterocycles. The van der Waals surface area contributed by atoms with E-state index in [1.54, 1.807) is 0 Å². The molecule has 5 nitrogen and oxygen atoms in total. The number of benzene rings is 1. The van der Waals surface area contributed by atoms with Crippen LogP contribution in [0.4, 0.5) is 0 Å². The minimum atomic E-state index is -1.41. The number of hydrogen-bond donors (Lipinski definition) is 4. The monoisotopic (exact) mass is 242 g/mol. The van der Waals surface area contributed by atoms with Gasteiger partial charge in [0.15, 0.2) is 0 Å². The Hall–Kier alpha value is -0.980. The van der Waals surface area contributed by atoms with Crippen molar-refractivity contribution in [3.8, 4) is 0 Å². The van der Waals surface area contributed by atoms with Crippen molar-refractivity contribution < 1.29 is 25.2 Å². The van der Waals surface area contributed by atoms with Crippen molar-refractivity contribution in [3.63, 3.8) is 0 Å². The number of aliphatic hydroxyl groups is 4. The number of rotatable bonds is 7. The van der Waals surface area contributed by atoms with Gasteiger partial charge in [0.05, 0.1) is 19.8 Å². The predicted molar refractivity (Wildman–Crippen MR) is 61.2 cm³/mol. The fourth-order valence-electron chi connectivity index (χ4n) is 1.33. The molecule has 0 aliphatic rings. The van der Waals surface area contributed by atoms with E-state index in [0.29, 0.717) is 6.61 Å². The van der Waals surface area contributed by atoms with Crippen LogP contribution in [0, 0.1) is 0 Å². The first kappa shape index (κ1) is 14.1. The lowest BCUT2D eigenvalue weighted by molar-refractivity contribution is -0.101. The standard InChI is InChI=1S/C12H18O5/c13-6-10(14)12(16)11(15)8-17-7-9-4-2-1-3-5-9/h1-5,10-16H,6-8H2. The lowest BCUT2D eigenvalue weighted by Gasteiger charge is -2.21. The van der Waals surface area contributed by atoms with Gasteiger partial charge in [0, 0.05) is 0 Å². The fourth-order valence-corrected chi connectivity index (χ4v) is 1.33. The first-order valence-corrected chi connectivity index (χ1v) is 5.42. The topological polar surface area (TPSA) is 90.2 Å². The maximum absolute atomic E-state index is 9.45. The molecule has 0 amide bonds. The summed E-state index contributed by atoms with van der Waals surface area (Å²) in [4.78, 5) is 0. The highest BCUT2D eigenvalue weighted by atomic mass is 16.5. The third-order valence-electron chi connectivity index (χ3n) is 2.38. The maximum atomic E-state index is 9.45. The predicted octanol–water partition coefficient (Wildman–Crippen LogP) is -0.722. The van der Waals surface area contributed by atoms with Crippen molar-refractivity contribution in [2.75, 3.05) is 13.2 Å². The van der Waals surface area contributed by atoms with Crippen LogP contribution in [-0.2, 0) is 11.3 Å². The van der Waals surface area contributed by atoms with Crippen LogP contribution in [0.5, 0.6) is 0 Å². The zero-order valence-electron chi connectivity index (χ0n) is 9.44. The van der Waals surface area contributed by atoms with E-state index in [2.05, 4.69) is 0 Å². The van der Waals surface area contributed by atoms with Gasteiger partial charge in [-0.15, -0.1) is 0 Å².